The van der Waals surface area contributed by atoms with E-state index in [9.17, 15) is 9.59 Å². The van der Waals surface area contributed by atoms with Crippen molar-refractivity contribution in [3.8, 4) is 0 Å². The number of amides is 2. The monoisotopic (exact) mass is 285 g/mol. The van der Waals surface area contributed by atoms with E-state index in [0.29, 0.717) is 19.4 Å². The molecule has 0 aromatic rings. The van der Waals surface area contributed by atoms with Crippen molar-refractivity contribution >= 4 is 12.0 Å². The number of rotatable bonds is 7. The summed E-state index contributed by atoms with van der Waals surface area (Å²) in [5.41, 5.74) is 0. The molecule has 0 unspecified atom stereocenters. The zero-order chi connectivity index (χ0) is 15.0. The number of carboxylic acid groups (broad SMARTS) is 1. The summed E-state index contributed by atoms with van der Waals surface area (Å²) < 4.78 is 0. The fraction of sp³-hybridized carbons (Fsp3) is 0.857. The molecule has 0 aromatic carbocycles. The van der Waals surface area contributed by atoms with E-state index >= 15 is 0 Å². The molecule has 0 radical (unpaired) electrons. The van der Waals surface area contributed by atoms with Crippen LogP contribution in [0.25, 0.3) is 0 Å². The van der Waals surface area contributed by atoms with E-state index in [1.165, 1.54) is 0 Å². The highest BCUT2D eigenvalue weighted by Gasteiger charge is 2.26. The molecule has 0 spiro atoms. The Balaban J connectivity index is 2.07. The third kappa shape index (κ3) is 6.75. The highest BCUT2D eigenvalue weighted by Crippen LogP contribution is 2.24. The number of aliphatic carboxylic acids is 1. The Morgan fingerprint density at radius 1 is 1.15 bits per heavy atom. The van der Waals surface area contributed by atoms with Gasteiger partial charge in [-0.15, -0.1) is 0 Å². The molecule has 0 atom stereocenters. The van der Waals surface area contributed by atoms with E-state index < -0.39 is 5.97 Å². The molecule has 0 heterocycles. The SMILES string of the molecule is CN(C)CCCCNC(=O)NC1CCC(C(=O)O)CC1. The van der Waals surface area contributed by atoms with E-state index in [2.05, 4.69) is 15.5 Å². The summed E-state index contributed by atoms with van der Waals surface area (Å²) in [4.78, 5) is 24.6. The molecular formula is C14H27N3O3. The Bertz CT molecular complexity index is 313. The fourth-order valence-corrected chi connectivity index (χ4v) is 2.48. The average molecular weight is 285 g/mol. The zero-order valence-electron chi connectivity index (χ0n) is 12.5. The van der Waals surface area contributed by atoms with Crippen LogP contribution in [0.2, 0.25) is 0 Å². The summed E-state index contributed by atoms with van der Waals surface area (Å²) in [7, 11) is 4.07. The molecule has 116 valence electrons. The van der Waals surface area contributed by atoms with Crippen molar-refractivity contribution in [2.75, 3.05) is 27.2 Å². The smallest absolute Gasteiger partial charge is 0.315 e. The topological polar surface area (TPSA) is 81.7 Å². The maximum Gasteiger partial charge on any atom is 0.315 e. The van der Waals surface area contributed by atoms with Gasteiger partial charge in [-0.05, 0) is 59.2 Å². The molecule has 0 aliphatic heterocycles. The van der Waals surface area contributed by atoms with E-state index in [0.717, 1.165) is 32.2 Å². The van der Waals surface area contributed by atoms with Gasteiger partial charge in [0.15, 0.2) is 0 Å². The fourth-order valence-electron chi connectivity index (χ4n) is 2.48. The lowest BCUT2D eigenvalue weighted by molar-refractivity contribution is -0.142. The summed E-state index contributed by atoms with van der Waals surface area (Å²) >= 11 is 0. The molecule has 20 heavy (non-hydrogen) atoms. The van der Waals surface area contributed by atoms with Crippen LogP contribution in [0.5, 0.6) is 0 Å². The third-order valence-electron chi connectivity index (χ3n) is 3.73. The summed E-state index contributed by atoms with van der Waals surface area (Å²) in [5.74, 6) is -0.948. The Morgan fingerprint density at radius 2 is 1.80 bits per heavy atom. The van der Waals surface area contributed by atoms with Gasteiger partial charge in [0.25, 0.3) is 0 Å². The highest BCUT2D eigenvalue weighted by molar-refractivity contribution is 5.74. The first-order chi connectivity index (χ1) is 9.49. The molecule has 2 amide bonds. The van der Waals surface area contributed by atoms with E-state index in [1.807, 2.05) is 14.1 Å². The van der Waals surface area contributed by atoms with Crippen molar-refractivity contribution in [1.82, 2.24) is 15.5 Å². The van der Waals surface area contributed by atoms with Crippen molar-refractivity contribution in [3.05, 3.63) is 0 Å². The summed E-state index contributed by atoms with van der Waals surface area (Å²) in [6, 6.07) is -0.0130. The number of hydrogen-bond acceptors (Lipinski definition) is 3. The van der Waals surface area contributed by atoms with Crippen LogP contribution in [0.3, 0.4) is 0 Å². The van der Waals surface area contributed by atoms with Crippen LogP contribution in [0, 0.1) is 5.92 Å². The second kappa shape index (κ2) is 8.79. The lowest BCUT2D eigenvalue weighted by Gasteiger charge is -2.26. The number of hydrogen-bond donors (Lipinski definition) is 3. The Labute approximate surface area is 120 Å². The minimum atomic E-state index is -0.714. The van der Waals surface area contributed by atoms with Gasteiger partial charge >= 0.3 is 12.0 Å². The van der Waals surface area contributed by atoms with Gasteiger partial charge < -0.3 is 20.6 Å². The number of unbranched alkanes of at least 4 members (excludes halogenated alkanes) is 1. The van der Waals surface area contributed by atoms with Crippen molar-refractivity contribution in [1.29, 1.82) is 0 Å². The molecule has 1 aliphatic rings. The Kier molecular flexibility index (Phi) is 7.36. The molecule has 1 fully saturated rings. The molecule has 6 nitrogen and oxygen atoms in total. The van der Waals surface area contributed by atoms with Gasteiger partial charge in [-0.1, -0.05) is 0 Å². The van der Waals surface area contributed by atoms with Crippen molar-refractivity contribution in [2.24, 2.45) is 5.92 Å². The maximum absolute atomic E-state index is 11.7. The lowest BCUT2D eigenvalue weighted by Crippen LogP contribution is -2.44. The predicted octanol–water partition coefficient (Wildman–Crippen LogP) is 1.27. The minimum absolute atomic E-state index is 0.118. The molecule has 0 bridgehead atoms. The second-order valence-electron chi connectivity index (χ2n) is 5.80. The normalized spacial score (nSPS) is 22.6. The first-order valence-corrected chi connectivity index (χ1v) is 7.41. The average Bonchev–Trinajstić information content (AvgIpc) is 2.38. The molecular weight excluding hydrogens is 258 g/mol. The molecule has 1 aliphatic carbocycles. The first-order valence-electron chi connectivity index (χ1n) is 7.41. The number of urea groups is 1. The summed E-state index contributed by atoms with van der Waals surface area (Å²) in [6.07, 6.45) is 4.86. The summed E-state index contributed by atoms with van der Waals surface area (Å²) in [6.45, 7) is 1.71. The molecule has 3 N–H and O–H groups in total. The van der Waals surface area contributed by atoms with E-state index in [1.54, 1.807) is 0 Å². The number of carbonyl (C=O) groups excluding carboxylic acids is 1. The third-order valence-corrected chi connectivity index (χ3v) is 3.73. The largest absolute Gasteiger partial charge is 0.481 e. The van der Waals surface area contributed by atoms with Crippen LogP contribution in [0.15, 0.2) is 0 Å². The number of carbonyl (C=O) groups is 2. The van der Waals surface area contributed by atoms with Crippen molar-refractivity contribution < 1.29 is 14.7 Å². The Morgan fingerprint density at radius 3 is 2.35 bits per heavy atom. The van der Waals surface area contributed by atoms with Crippen LogP contribution in [-0.2, 0) is 4.79 Å². The van der Waals surface area contributed by atoms with Crippen LogP contribution in [0.1, 0.15) is 38.5 Å². The van der Waals surface area contributed by atoms with E-state index in [-0.39, 0.29) is 18.0 Å². The van der Waals surface area contributed by atoms with Gasteiger partial charge in [-0.2, -0.15) is 0 Å². The van der Waals surface area contributed by atoms with Gasteiger partial charge in [0.1, 0.15) is 0 Å². The molecule has 1 saturated carbocycles. The Hall–Kier alpha value is -1.30. The van der Waals surface area contributed by atoms with Crippen LogP contribution >= 0.6 is 0 Å². The zero-order valence-corrected chi connectivity index (χ0v) is 12.5. The standard InChI is InChI=1S/C14H27N3O3/c1-17(2)10-4-3-9-15-14(20)16-12-7-5-11(6-8-12)13(18)19/h11-12H,3-10H2,1-2H3,(H,18,19)(H2,15,16,20). The first kappa shape index (κ1) is 16.8. The second-order valence-corrected chi connectivity index (χ2v) is 5.80. The minimum Gasteiger partial charge on any atom is -0.481 e. The van der Waals surface area contributed by atoms with Gasteiger partial charge in [0, 0.05) is 12.6 Å². The summed E-state index contributed by atoms with van der Waals surface area (Å²) in [5, 5.41) is 14.7. The van der Waals surface area contributed by atoms with Crippen LogP contribution in [-0.4, -0.2) is 55.2 Å². The molecule has 0 aromatic heterocycles. The molecule has 1 rings (SSSR count). The highest BCUT2D eigenvalue weighted by atomic mass is 16.4. The van der Waals surface area contributed by atoms with Crippen LogP contribution in [0.4, 0.5) is 4.79 Å². The van der Waals surface area contributed by atoms with Gasteiger partial charge in [0.05, 0.1) is 5.92 Å². The molecule has 0 saturated heterocycles. The predicted molar refractivity (Wildman–Crippen MR) is 77.7 cm³/mol. The lowest BCUT2D eigenvalue weighted by atomic mass is 9.86. The van der Waals surface area contributed by atoms with Crippen molar-refractivity contribution in [3.63, 3.8) is 0 Å². The number of nitrogens with zero attached hydrogens (tertiary/aromatic N) is 1. The van der Waals surface area contributed by atoms with Gasteiger partial charge in [0.2, 0.25) is 0 Å². The number of nitrogens with one attached hydrogen (secondary N) is 2. The maximum atomic E-state index is 11.7. The van der Waals surface area contributed by atoms with Crippen LogP contribution < -0.4 is 10.6 Å². The van der Waals surface area contributed by atoms with E-state index in [4.69, 9.17) is 5.11 Å². The number of carboxylic acids is 1. The van der Waals surface area contributed by atoms with Crippen molar-refractivity contribution in [2.45, 2.75) is 44.6 Å². The molecule has 6 heteroatoms. The quantitative estimate of drug-likeness (QED) is 0.615. The van der Waals surface area contributed by atoms with Gasteiger partial charge in [-0.25, -0.2) is 4.79 Å². The van der Waals surface area contributed by atoms with Gasteiger partial charge in [-0.3, -0.25) is 4.79 Å².